The Morgan fingerprint density at radius 2 is 1.52 bits per heavy atom. The summed E-state index contributed by atoms with van der Waals surface area (Å²) >= 11 is 0. The number of rotatable bonds is 5. The summed E-state index contributed by atoms with van der Waals surface area (Å²) in [5, 5.41) is 3.42. The molecule has 0 radical (unpaired) electrons. The standard InChI is InChI=1S/C22H26FN3O.2ClH/c1-25-10-12-26(13-11-25)22(27)15-24-21-14-20(21)18-4-2-16(3-5-18)17-6-8-19(23)9-7-17;;/h2-9,20-21,24H,10-15H2,1H3;2*1H. The van der Waals surface area contributed by atoms with Crippen LogP contribution in [0.1, 0.15) is 17.9 Å². The Balaban J connectivity index is 0.00000150. The molecule has 29 heavy (non-hydrogen) atoms. The van der Waals surface area contributed by atoms with E-state index in [0.717, 1.165) is 43.7 Å². The second-order valence-electron chi connectivity index (χ2n) is 7.64. The Labute approximate surface area is 184 Å². The number of hydrogen-bond acceptors (Lipinski definition) is 3. The normalized spacial score (nSPS) is 21.1. The van der Waals surface area contributed by atoms with Crippen molar-refractivity contribution in [3.05, 3.63) is 59.9 Å². The van der Waals surface area contributed by atoms with E-state index in [9.17, 15) is 9.18 Å². The van der Waals surface area contributed by atoms with Gasteiger partial charge in [0.05, 0.1) is 6.54 Å². The average molecular weight is 440 g/mol. The van der Waals surface area contributed by atoms with Crippen LogP contribution in [0.2, 0.25) is 0 Å². The molecule has 2 aliphatic rings. The quantitative estimate of drug-likeness (QED) is 0.773. The van der Waals surface area contributed by atoms with Crippen molar-refractivity contribution in [1.29, 1.82) is 0 Å². The summed E-state index contributed by atoms with van der Waals surface area (Å²) < 4.78 is 13.1. The van der Waals surface area contributed by atoms with E-state index in [4.69, 9.17) is 0 Å². The van der Waals surface area contributed by atoms with E-state index in [0.29, 0.717) is 18.5 Å². The molecule has 1 N–H and O–H groups in total. The van der Waals surface area contributed by atoms with Crippen LogP contribution in [0.25, 0.3) is 11.1 Å². The molecule has 2 unspecified atom stereocenters. The first-order valence-corrected chi connectivity index (χ1v) is 9.66. The third kappa shape index (κ3) is 5.92. The van der Waals surface area contributed by atoms with Gasteiger partial charge in [-0.25, -0.2) is 4.39 Å². The SMILES string of the molecule is CN1CCN(C(=O)CNC2CC2c2ccc(-c3ccc(F)cc3)cc2)CC1.Cl.Cl. The molecular weight excluding hydrogens is 412 g/mol. The molecule has 1 heterocycles. The van der Waals surface area contributed by atoms with Crippen LogP contribution in [-0.4, -0.2) is 61.5 Å². The van der Waals surface area contributed by atoms with Crippen LogP contribution >= 0.6 is 24.8 Å². The second kappa shape index (κ2) is 10.4. The summed E-state index contributed by atoms with van der Waals surface area (Å²) in [4.78, 5) is 16.5. The molecule has 0 aromatic heterocycles. The molecule has 4 rings (SSSR count). The highest BCUT2D eigenvalue weighted by Crippen LogP contribution is 2.41. The van der Waals surface area contributed by atoms with Crippen molar-refractivity contribution in [1.82, 2.24) is 15.1 Å². The molecule has 1 aliphatic heterocycles. The highest BCUT2D eigenvalue weighted by Gasteiger charge is 2.38. The monoisotopic (exact) mass is 439 g/mol. The highest BCUT2D eigenvalue weighted by molar-refractivity contribution is 5.85. The zero-order valence-electron chi connectivity index (χ0n) is 16.5. The number of amides is 1. The fourth-order valence-corrected chi connectivity index (χ4v) is 3.74. The number of benzene rings is 2. The van der Waals surface area contributed by atoms with Gasteiger partial charge in [0.15, 0.2) is 0 Å². The van der Waals surface area contributed by atoms with E-state index in [1.807, 2.05) is 4.90 Å². The Morgan fingerprint density at radius 3 is 2.10 bits per heavy atom. The predicted octanol–water partition coefficient (Wildman–Crippen LogP) is 3.56. The number of piperazine rings is 1. The molecule has 1 aliphatic carbocycles. The number of nitrogens with one attached hydrogen (secondary N) is 1. The third-order valence-electron chi connectivity index (χ3n) is 5.68. The smallest absolute Gasteiger partial charge is 0.236 e. The van der Waals surface area contributed by atoms with Gasteiger partial charge in [0.25, 0.3) is 0 Å². The molecule has 1 saturated carbocycles. The number of halogens is 3. The fourth-order valence-electron chi connectivity index (χ4n) is 3.74. The van der Waals surface area contributed by atoms with E-state index in [1.54, 1.807) is 12.1 Å². The number of hydrogen-bond donors (Lipinski definition) is 1. The lowest BCUT2D eigenvalue weighted by Crippen LogP contribution is -2.49. The molecule has 0 bridgehead atoms. The van der Waals surface area contributed by atoms with Gasteiger partial charge in [-0.05, 0) is 42.3 Å². The molecule has 1 amide bonds. The molecule has 7 heteroatoms. The zero-order chi connectivity index (χ0) is 18.8. The van der Waals surface area contributed by atoms with Crippen molar-refractivity contribution in [3.63, 3.8) is 0 Å². The van der Waals surface area contributed by atoms with E-state index < -0.39 is 0 Å². The molecule has 2 aromatic carbocycles. The van der Waals surface area contributed by atoms with Gasteiger partial charge in [0.2, 0.25) is 5.91 Å². The molecule has 158 valence electrons. The molecule has 2 aromatic rings. The Bertz CT molecular complexity index is 793. The van der Waals surface area contributed by atoms with Gasteiger partial charge in [0, 0.05) is 38.1 Å². The zero-order valence-corrected chi connectivity index (χ0v) is 18.1. The Kier molecular flexibility index (Phi) is 8.46. The summed E-state index contributed by atoms with van der Waals surface area (Å²) in [6, 6.07) is 15.4. The summed E-state index contributed by atoms with van der Waals surface area (Å²) in [7, 11) is 2.09. The van der Waals surface area contributed by atoms with Crippen LogP contribution in [-0.2, 0) is 4.79 Å². The van der Waals surface area contributed by atoms with Gasteiger partial charge in [-0.1, -0.05) is 36.4 Å². The van der Waals surface area contributed by atoms with Crippen LogP contribution < -0.4 is 5.32 Å². The largest absolute Gasteiger partial charge is 0.339 e. The lowest BCUT2D eigenvalue weighted by atomic mass is 10.0. The van der Waals surface area contributed by atoms with Gasteiger partial charge in [-0.2, -0.15) is 0 Å². The lowest BCUT2D eigenvalue weighted by molar-refractivity contribution is -0.131. The summed E-state index contributed by atoms with van der Waals surface area (Å²) in [5.74, 6) is 0.473. The first kappa shape index (κ1) is 23.6. The van der Waals surface area contributed by atoms with Crippen molar-refractivity contribution in [3.8, 4) is 11.1 Å². The first-order chi connectivity index (χ1) is 13.1. The topological polar surface area (TPSA) is 35.6 Å². The van der Waals surface area contributed by atoms with Crippen LogP contribution in [0.5, 0.6) is 0 Å². The van der Waals surface area contributed by atoms with E-state index in [-0.39, 0.29) is 36.5 Å². The number of nitrogens with zero attached hydrogens (tertiary/aromatic N) is 2. The maximum atomic E-state index is 13.1. The highest BCUT2D eigenvalue weighted by atomic mass is 35.5. The van der Waals surface area contributed by atoms with Gasteiger partial charge in [-0.3, -0.25) is 4.79 Å². The molecule has 1 saturated heterocycles. The van der Waals surface area contributed by atoms with Crippen molar-refractivity contribution >= 4 is 30.7 Å². The molecule has 4 nitrogen and oxygen atoms in total. The summed E-state index contributed by atoms with van der Waals surface area (Å²) in [6.45, 7) is 4.00. The summed E-state index contributed by atoms with van der Waals surface area (Å²) in [6.07, 6.45) is 1.08. The van der Waals surface area contributed by atoms with Crippen LogP contribution in [0.4, 0.5) is 4.39 Å². The van der Waals surface area contributed by atoms with E-state index in [1.165, 1.54) is 17.7 Å². The molecule has 2 atom stereocenters. The maximum Gasteiger partial charge on any atom is 0.236 e. The average Bonchev–Trinajstić information content (AvgIpc) is 3.47. The molecule has 2 fully saturated rings. The van der Waals surface area contributed by atoms with Gasteiger partial charge in [0.1, 0.15) is 5.82 Å². The third-order valence-corrected chi connectivity index (χ3v) is 5.68. The van der Waals surface area contributed by atoms with Crippen LogP contribution in [0.15, 0.2) is 48.5 Å². The van der Waals surface area contributed by atoms with Crippen molar-refractivity contribution in [2.75, 3.05) is 39.8 Å². The maximum absolute atomic E-state index is 13.1. The molecule has 0 spiro atoms. The summed E-state index contributed by atoms with van der Waals surface area (Å²) in [5.41, 5.74) is 3.41. The van der Waals surface area contributed by atoms with Crippen molar-refractivity contribution in [2.45, 2.75) is 18.4 Å². The second-order valence-corrected chi connectivity index (χ2v) is 7.64. The Morgan fingerprint density at radius 1 is 0.966 bits per heavy atom. The number of carbonyl (C=O) groups excluding carboxylic acids is 1. The van der Waals surface area contributed by atoms with Crippen molar-refractivity contribution in [2.24, 2.45) is 0 Å². The van der Waals surface area contributed by atoms with Gasteiger partial charge in [-0.15, -0.1) is 24.8 Å². The van der Waals surface area contributed by atoms with Gasteiger partial charge < -0.3 is 15.1 Å². The molecular formula is C22H28Cl2FN3O. The van der Waals surface area contributed by atoms with E-state index >= 15 is 0 Å². The van der Waals surface area contributed by atoms with Crippen LogP contribution in [0, 0.1) is 5.82 Å². The van der Waals surface area contributed by atoms with E-state index in [2.05, 4.69) is 41.5 Å². The van der Waals surface area contributed by atoms with Crippen LogP contribution in [0.3, 0.4) is 0 Å². The lowest BCUT2D eigenvalue weighted by Gasteiger charge is -2.32. The number of carbonyl (C=O) groups is 1. The fraction of sp³-hybridized carbons (Fsp3) is 0.409. The number of likely N-dealkylation sites (N-methyl/N-ethyl adjacent to an activating group) is 1. The minimum Gasteiger partial charge on any atom is -0.339 e. The first-order valence-electron chi connectivity index (χ1n) is 9.66. The minimum absolute atomic E-state index is 0. The predicted molar refractivity (Wildman–Crippen MR) is 120 cm³/mol. The van der Waals surface area contributed by atoms with Gasteiger partial charge >= 0.3 is 0 Å². The Hall–Kier alpha value is -1.66. The minimum atomic E-state index is -0.214. The van der Waals surface area contributed by atoms with Crippen molar-refractivity contribution < 1.29 is 9.18 Å².